The van der Waals surface area contributed by atoms with Gasteiger partial charge < -0.3 is 14.2 Å². The van der Waals surface area contributed by atoms with Gasteiger partial charge >= 0.3 is 0 Å². The number of nitrogens with zero attached hydrogens (tertiary/aromatic N) is 4. The summed E-state index contributed by atoms with van der Waals surface area (Å²) in [5.74, 6) is 0.349. The van der Waals surface area contributed by atoms with Gasteiger partial charge in [-0.05, 0) is 79.7 Å². The predicted molar refractivity (Wildman–Crippen MR) is 170 cm³/mol. The highest BCUT2D eigenvalue weighted by molar-refractivity contribution is 8.00. The second-order valence-electron chi connectivity index (χ2n) is 9.96. The van der Waals surface area contributed by atoms with E-state index in [-0.39, 0.29) is 17.2 Å². The lowest BCUT2D eigenvalue weighted by atomic mass is 9.89. The maximum Gasteiger partial charge on any atom is 0.251 e. The molecular weight excluding hydrogens is 652 g/mol. The zero-order valence-corrected chi connectivity index (χ0v) is 27.3. The maximum absolute atomic E-state index is 14.4. The number of anilines is 1. The van der Waals surface area contributed by atoms with Crippen LogP contribution >= 0.6 is 35.1 Å². The van der Waals surface area contributed by atoms with E-state index in [1.165, 1.54) is 19.0 Å². The average molecular weight is 685 g/mol. The van der Waals surface area contributed by atoms with Crippen molar-refractivity contribution in [2.75, 3.05) is 45.3 Å². The fourth-order valence-corrected chi connectivity index (χ4v) is 6.43. The molecule has 2 heterocycles. The number of aromatic nitrogens is 2. The molecule has 1 aliphatic rings. The monoisotopic (exact) mass is 684 g/mol. The van der Waals surface area contributed by atoms with Crippen LogP contribution in [0.4, 0.5) is 22.7 Å². The molecule has 0 unspecified atom stereocenters. The summed E-state index contributed by atoms with van der Waals surface area (Å²) in [5.41, 5.74) is 2.09. The second kappa shape index (κ2) is 16.9. The number of piperidine rings is 1. The molecule has 0 atom stereocenters. The van der Waals surface area contributed by atoms with E-state index >= 15 is 0 Å². The van der Waals surface area contributed by atoms with Crippen molar-refractivity contribution >= 4 is 40.2 Å². The van der Waals surface area contributed by atoms with Gasteiger partial charge in [0.05, 0.1) is 39.3 Å². The van der Waals surface area contributed by atoms with Crippen molar-refractivity contribution in [3.05, 3.63) is 88.7 Å². The molecule has 242 valence electrons. The number of alkyl halides is 2. The summed E-state index contributed by atoms with van der Waals surface area (Å²) in [7, 11) is 4.41. The van der Waals surface area contributed by atoms with E-state index in [1.54, 1.807) is 30.7 Å². The Balaban J connectivity index is 0.000000231. The van der Waals surface area contributed by atoms with E-state index in [9.17, 15) is 17.6 Å². The molecule has 0 aliphatic carbocycles. The van der Waals surface area contributed by atoms with Gasteiger partial charge in [-0.15, -0.1) is 0 Å². The third kappa shape index (κ3) is 9.86. The largest absolute Gasteiger partial charge is 0.497 e. The SMILES string of the molecule is COc1ccc(CN(Sc2cc(F)c(OC)cc2F)c2ncns2)c(OC)c1.FC(F)CN1CCC(c2ccc(Cl)cc2)CC1. The molecule has 0 spiro atoms. The van der Waals surface area contributed by atoms with Crippen LogP contribution in [-0.4, -0.2) is 61.6 Å². The number of hydrogen-bond donors (Lipinski definition) is 0. The van der Waals surface area contributed by atoms with Crippen LogP contribution in [0.3, 0.4) is 0 Å². The summed E-state index contributed by atoms with van der Waals surface area (Å²) in [4.78, 5) is 6.13. The van der Waals surface area contributed by atoms with Crippen LogP contribution in [0.5, 0.6) is 17.2 Å². The molecule has 4 aromatic rings. The lowest BCUT2D eigenvalue weighted by Crippen LogP contribution is -2.36. The van der Waals surface area contributed by atoms with Gasteiger partial charge in [-0.1, -0.05) is 23.7 Å². The van der Waals surface area contributed by atoms with Crippen molar-refractivity contribution in [1.29, 1.82) is 0 Å². The quantitative estimate of drug-likeness (QED) is 0.115. The maximum atomic E-state index is 14.4. The highest BCUT2D eigenvalue weighted by atomic mass is 35.5. The molecule has 0 saturated carbocycles. The highest BCUT2D eigenvalue weighted by Gasteiger charge is 2.23. The Morgan fingerprint density at radius 3 is 2.27 bits per heavy atom. The Labute approximate surface area is 273 Å². The first-order valence-electron chi connectivity index (χ1n) is 13.9. The fourth-order valence-electron chi connectivity index (χ4n) is 4.79. The predicted octanol–water partition coefficient (Wildman–Crippen LogP) is 8.34. The minimum Gasteiger partial charge on any atom is -0.497 e. The first-order chi connectivity index (χ1) is 21.7. The van der Waals surface area contributed by atoms with Gasteiger partial charge in [0.25, 0.3) is 6.43 Å². The Morgan fingerprint density at radius 1 is 0.956 bits per heavy atom. The molecule has 0 N–H and O–H groups in total. The molecular formula is C31H33ClF4N4O3S2. The van der Waals surface area contributed by atoms with Gasteiger partial charge in [-0.25, -0.2) is 22.5 Å². The van der Waals surface area contributed by atoms with Crippen molar-refractivity contribution < 1.29 is 31.8 Å². The van der Waals surface area contributed by atoms with E-state index in [0.29, 0.717) is 29.1 Å². The van der Waals surface area contributed by atoms with Gasteiger partial charge in [0.1, 0.15) is 23.6 Å². The number of rotatable bonds is 11. The van der Waals surface area contributed by atoms with E-state index in [0.717, 1.165) is 72.1 Å². The summed E-state index contributed by atoms with van der Waals surface area (Å²) < 4.78 is 74.1. The van der Waals surface area contributed by atoms with Gasteiger partial charge in [0.2, 0.25) is 5.13 Å². The van der Waals surface area contributed by atoms with Gasteiger partial charge in [-0.3, -0.25) is 9.21 Å². The molecule has 1 saturated heterocycles. The molecule has 14 heteroatoms. The summed E-state index contributed by atoms with van der Waals surface area (Å²) in [6, 6.07) is 15.4. The number of halogens is 5. The zero-order valence-electron chi connectivity index (χ0n) is 24.9. The smallest absolute Gasteiger partial charge is 0.251 e. The fraction of sp³-hybridized carbons (Fsp3) is 0.355. The first kappa shape index (κ1) is 34.6. The van der Waals surface area contributed by atoms with Crippen molar-refractivity contribution in [1.82, 2.24) is 14.3 Å². The number of benzene rings is 3. The van der Waals surface area contributed by atoms with E-state index in [1.807, 2.05) is 35.2 Å². The van der Waals surface area contributed by atoms with Crippen LogP contribution in [-0.2, 0) is 6.54 Å². The minimum absolute atomic E-state index is 0.0899. The summed E-state index contributed by atoms with van der Waals surface area (Å²) in [6.07, 6.45) is 1.09. The van der Waals surface area contributed by atoms with Crippen molar-refractivity contribution in [3.63, 3.8) is 0 Å². The van der Waals surface area contributed by atoms with Crippen LogP contribution in [0.2, 0.25) is 5.02 Å². The topological polar surface area (TPSA) is 60.0 Å². The number of ether oxygens (including phenoxy) is 3. The van der Waals surface area contributed by atoms with Gasteiger partial charge in [0, 0.05) is 34.3 Å². The molecule has 1 aromatic heterocycles. The molecule has 5 rings (SSSR count). The Bertz CT molecular complexity index is 1500. The van der Waals surface area contributed by atoms with Gasteiger partial charge in [0.15, 0.2) is 11.6 Å². The summed E-state index contributed by atoms with van der Waals surface area (Å²) in [5, 5.41) is 1.28. The van der Waals surface area contributed by atoms with Crippen LogP contribution in [0.25, 0.3) is 0 Å². The lowest BCUT2D eigenvalue weighted by Gasteiger charge is -2.31. The number of hydrogen-bond acceptors (Lipinski definition) is 9. The molecule has 3 aromatic carbocycles. The lowest BCUT2D eigenvalue weighted by molar-refractivity contribution is 0.0754. The first-order valence-corrected chi connectivity index (χ1v) is 15.8. The second-order valence-corrected chi connectivity index (χ2v) is 12.2. The molecule has 45 heavy (non-hydrogen) atoms. The molecule has 1 aliphatic heterocycles. The van der Waals surface area contributed by atoms with Crippen molar-refractivity contribution in [3.8, 4) is 17.2 Å². The normalized spacial score (nSPS) is 13.7. The van der Waals surface area contributed by atoms with Crippen LogP contribution < -0.4 is 18.5 Å². The highest BCUT2D eigenvalue weighted by Crippen LogP contribution is 2.37. The minimum atomic E-state index is -2.22. The Kier molecular flexibility index (Phi) is 13.0. The molecule has 7 nitrogen and oxygen atoms in total. The van der Waals surface area contributed by atoms with Crippen LogP contribution in [0, 0.1) is 11.6 Å². The molecule has 0 radical (unpaired) electrons. The van der Waals surface area contributed by atoms with E-state index in [4.69, 9.17) is 25.8 Å². The molecule has 0 bridgehead atoms. The molecule has 0 amide bonds. The Morgan fingerprint density at radius 2 is 1.67 bits per heavy atom. The zero-order chi connectivity index (χ0) is 32.3. The average Bonchev–Trinajstić information content (AvgIpc) is 3.58. The summed E-state index contributed by atoms with van der Waals surface area (Å²) in [6.45, 7) is 1.75. The number of methoxy groups -OCH3 is 3. The van der Waals surface area contributed by atoms with Gasteiger partial charge in [-0.2, -0.15) is 4.37 Å². The van der Waals surface area contributed by atoms with E-state index < -0.39 is 18.1 Å². The standard InChI is InChI=1S/C18H17F2N3O3S2.C13H16ClF2N/c1-24-12-5-4-11(15(6-12)25-2)9-23(18-21-10-22-27-18)28-17-8-13(19)16(26-3)7-14(17)20;14-12-3-1-10(2-4-12)11-5-7-17(8-6-11)9-13(15)16/h4-8,10H,9H2,1-3H3;1-4,11,13H,5-9H2. The third-order valence-electron chi connectivity index (χ3n) is 7.11. The Hall–Kier alpha value is -3.26. The summed E-state index contributed by atoms with van der Waals surface area (Å²) >= 11 is 8.00. The number of likely N-dealkylation sites (tertiary alicyclic amines) is 1. The van der Waals surface area contributed by atoms with Crippen LogP contribution in [0.1, 0.15) is 29.9 Å². The third-order valence-corrected chi connectivity index (χ3v) is 9.20. The van der Waals surface area contributed by atoms with Crippen molar-refractivity contribution in [2.45, 2.75) is 36.6 Å². The van der Waals surface area contributed by atoms with Crippen LogP contribution in [0.15, 0.2) is 65.8 Å². The molecule has 1 fully saturated rings. The van der Waals surface area contributed by atoms with Crippen molar-refractivity contribution in [2.24, 2.45) is 0 Å². The van der Waals surface area contributed by atoms with E-state index in [2.05, 4.69) is 9.36 Å².